The lowest BCUT2D eigenvalue weighted by Gasteiger charge is -2.22. The summed E-state index contributed by atoms with van der Waals surface area (Å²) in [7, 11) is 0. The summed E-state index contributed by atoms with van der Waals surface area (Å²) < 4.78 is 4.98. The number of aliphatic carboxylic acids is 1. The SMILES string of the molecule is CC(C)(C)OC(=O)N[C@@H](CCCCC(=N)C[N+](=O)[O-])C(=O)O. The number of alkyl carbamates (subject to hydrolysis) is 1. The molecule has 0 aromatic heterocycles. The summed E-state index contributed by atoms with van der Waals surface area (Å²) in [6.45, 7) is 4.51. The van der Waals surface area contributed by atoms with Crippen molar-refractivity contribution in [3.63, 3.8) is 0 Å². The van der Waals surface area contributed by atoms with Gasteiger partial charge in [0.25, 0.3) is 0 Å². The zero-order valence-corrected chi connectivity index (χ0v) is 13.0. The van der Waals surface area contributed by atoms with Gasteiger partial charge in [-0.1, -0.05) is 6.42 Å². The van der Waals surface area contributed by atoms with E-state index >= 15 is 0 Å². The number of hydrogen-bond donors (Lipinski definition) is 3. The summed E-state index contributed by atoms with van der Waals surface area (Å²) in [5.41, 5.74) is -0.720. The van der Waals surface area contributed by atoms with Crippen molar-refractivity contribution in [2.24, 2.45) is 0 Å². The summed E-state index contributed by atoms with van der Waals surface area (Å²) in [6, 6.07) is -1.08. The molecular formula is C13H23N3O6. The number of nitrogens with zero attached hydrogens (tertiary/aromatic N) is 1. The molecule has 126 valence electrons. The lowest BCUT2D eigenvalue weighted by molar-refractivity contribution is -0.463. The second-order valence-electron chi connectivity index (χ2n) is 5.88. The number of hydrogen-bond acceptors (Lipinski definition) is 6. The van der Waals surface area contributed by atoms with Crippen LogP contribution in [0.25, 0.3) is 0 Å². The maximum Gasteiger partial charge on any atom is 0.408 e. The molecule has 22 heavy (non-hydrogen) atoms. The van der Waals surface area contributed by atoms with Crippen molar-refractivity contribution in [3.05, 3.63) is 10.1 Å². The molecule has 0 aromatic rings. The van der Waals surface area contributed by atoms with Crippen LogP contribution < -0.4 is 5.32 Å². The van der Waals surface area contributed by atoms with Gasteiger partial charge in [0.05, 0.1) is 5.71 Å². The highest BCUT2D eigenvalue weighted by Crippen LogP contribution is 2.09. The molecule has 0 aliphatic carbocycles. The highest BCUT2D eigenvalue weighted by Gasteiger charge is 2.23. The van der Waals surface area contributed by atoms with E-state index in [4.69, 9.17) is 15.3 Å². The van der Waals surface area contributed by atoms with Gasteiger partial charge in [0.2, 0.25) is 6.54 Å². The molecule has 0 bridgehead atoms. The molecule has 1 atom stereocenters. The van der Waals surface area contributed by atoms with E-state index in [9.17, 15) is 19.7 Å². The number of carboxylic acids is 1. The van der Waals surface area contributed by atoms with Crippen LogP contribution >= 0.6 is 0 Å². The van der Waals surface area contributed by atoms with E-state index in [1.165, 1.54) is 0 Å². The molecule has 0 saturated carbocycles. The van der Waals surface area contributed by atoms with Crippen molar-refractivity contribution < 1.29 is 24.4 Å². The van der Waals surface area contributed by atoms with Crippen LogP contribution in [0.4, 0.5) is 4.79 Å². The average molecular weight is 317 g/mol. The molecule has 0 spiro atoms. The average Bonchev–Trinajstić information content (AvgIpc) is 2.29. The number of amides is 1. The van der Waals surface area contributed by atoms with Crippen molar-refractivity contribution >= 4 is 17.8 Å². The number of unbranched alkanes of at least 4 members (excludes halogenated alkanes) is 1. The number of carbonyl (C=O) groups is 2. The minimum absolute atomic E-state index is 0.00280. The third kappa shape index (κ3) is 10.6. The Kier molecular flexibility index (Phi) is 8.06. The number of rotatable bonds is 9. The molecule has 0 heterocycles. The normalized spacial score (nSPS) is 12.3. The highest BCUT2D eigenvalue weighted by atomic mass is 16.6. The first-order valence-corrected chi connectivity index (χ1v) is 6.91. The predicted octanol–water partition coefficient (Wildman–Crippen LogP) is 1.82. The van der Waals surface area contributed by atoms with Crippen molar-refractivity contribution in [3.8, 4) is 0 Å². The Hall–Kier alpha value is -2.19. The maximum atomic E-state index is 11.5. The van der Waals surface area contributed by atoms with E-state index in [0.29, 0.717) is 12.8 Å². The predicted molar refractivity (Wildman–Crippen MR) is 78.8 cm³/mol. The fourth-order valence-electron chi connectivity index (χ4n) is 1.63. The van der Waals surface area contributed by atoms with Crippen LogP contribution in [0.2, 0.25) is 0 Å². The van der Waals surface area contributed by atoms with E-state index in [1.807, 2.05) is 0 Å². The summed E-state index contributed by atoms with van der Waals surface area (Å²) in [5.74, 6) is -1.17. The van der Waals surface area contributed by atoms with Crippen LogP contribution in [0.15, 0.2) is 0 Å². The topological polar surface area (TPSA) is 143 Å². The number of ether oxygens (including phenoxy) is 1. The molecule has 0 rings (SSSR count). The second kappa shape index (κ2) is 8.96. The van der Waals surface area contributed by atoms with Crippen molar-refractivity contribution in [2.45, 2.75) is 58.1 Å². The van der Waals surface area contributed by atoms with Crippen LogP contribution in [0.3, 0.4) is 0 Å². The fraction of sp³-hybridized carbons (Fsp3) is 0.769. The molecule has 9 heteroatoms. The monoisotopic (exact) mass is 317 g/mol. The smallest absolute Gasteiger partial charge is 0.408 e. The fourth-order valence-corrected chi connectivity index (χ4v) is 1.63. The van der Waals surface area contributed by atoms with E-state index in [0.717, 1.165) is 0 Å². The number of carbonyl (C=O) groups excluding carboxylic acids is 1. The Morgan fingerprint density at radius 2 is 1.95 bits per heavy atom. The molecule has 3 N–H and O–H groups in total. The van der Waals surface area contributed by atoms with E-state index < -0.39 is 35.2 Å². The van der Waals surface area contributed by atoms with Gasteiger partial charge in [0.1, 0.15) is 11.6 Å². The largest absolute Gasteiger partial charge is 0.480 e. The third-order valence-electron chi connectivity index (χ3n) is 2.53. The summed E-state index contributed by atoms with van der Waals surface area (Å²) in [5, 5.41) is 28.9. The lowest BCUT2D eigenvalue weighted by atomic mass is 10.1. The molecule has 9 nitrogen and oxygen atoms in total. The van der Waals surface area contributed by atoms with Crippen LogP contribution in [0.5, 0.6) is 0 Å². The molecule has 0 unspecified atom stereocenters. The Balaban J connectivity index is 4.16. The first kappa shape index (κ1) is 19.8. The van der Waals surface area contributed by atoms with Crippen LogP contribution in [0, 0.1) is 15.5 Å². The Morgan fingerprint density at radius 1 is 1.36 bits per heavy atom. The van der Waals surface area contributed by atoms with Crippen LogP contribution in [-0.2, 0) is 9.53 Å². The summed E-state index contributed by atoms with van der Waals surface area (Å²) in [4.78, 5) is 32.2. The molecule has 0 aromatic carbocycles. The van der Waals surface area contributed by atoms with Gasteiger partial charge in [-0.2, -0.15) is 0 Å². The van der Waals surface area contributed by atoms with Crippen LogP contribution in [-0.4, -0.2) is 46.0 Å². The van der Waals surface area contributed by atoms with Crippen LogP contribution in [0.1, 0.15) is 46.5 Å². The summed E-state index contributed by atoms with van der Waals surface area (Å²) >= 11 is 0. The van der Waals surface area contributed by atoms with Gasteiger partial charge in [0.15, 0.2) is 0 Å². The first-order valence-electron chi connectivity index (χ1n) is 6.91. The van der Waals surface area contributed by atoms with Gasteiger partial charge >= 0.3 is 12.1 Å². The van der Waals surface area contributed by atoms with Gasteiger partial charge in [-0.25, -0.2) is 9.59 Å². The Bertz CT molecular complexity index is 430. The minimum Gasteiger partial charge on any atom is -0.480 e. The van der Waals surface area contributed by atoms with Crippen molar-refractivity contribution in [1.29, 1.82) is 5.41 Å². The first-order chi connectivity index (χ1) is 10.0. The highest BCUT2D eigenvalue weighted by molar-refractivity contribution is 5.82. The zero-order chi connectivity index (χ0) is 17.3. The molecule has 0 saturated heterocycles. The molecule has 0 aliphatic heterocycles. The van der Waals surface area contributed by atoms with Crippen molar-refractivity contribution in [2.75, 3.05) is 6.54 Å². The standard InChI is InChI=1S/C13H23N3O6/c1-13(2,3)22-12(19)15-10(11(17)18)7-5-4-6-9(14)8-16(20)21/h10,14H,4-8H2,1-3H3,(H,15,19)(H,17,18)/t10-/m0/s1. The van der Waals surface area contributed by atoms with E-state index in [2.05, 4.69) is 5.32 Å². The molecular weight excluding hydrogens is 294 g/mol. The third-order valence-corrected chi connectivity index (χ3v) is 2.53. The van der Waals surface area contributed by atoms with Crippen molar-refractivity contribution in [1.82, 2.24) is 5.32 Å². The second-order valence-corrected chi connectivity index (χ2v) is 5.88. The van der Waals surface area contributed by atoms with Gasteiger partial charge < -0.3 is 20.6 Å². The van der Waals surface area contributed by atoms with Gasteiger partial charge in [0, 0.05) is 4.92 Å². The Labute approximate surface area is 128 Å². The maximum absolute atomic E-state index is 11.5. The number of nitrogens with one attached hydrogen (secondary N) is 2. The van der Waals surface area contributed by atoms with E-state index in [1.54, 1.807) is 20.8 Å². The van der Waals surface area contributed by atoms with Gasteiger partial charge in [-0.15, -0.1) is 0 Å². The molecule has 0 aliphatic rings. The minimum atomic E-state index is -1.17. The van der Waals surface area contributed by atoms with Gasteiger partial charge in [-0.3, -0.25) is 10.1 Å². The molecule has 1 amide bonds. The summed E-state index contributed by atoms with van der Waals surface area (Å²) in [6.07, 6.45) is 0.473. The van der Waals surface area contributed by atoms with E-state index in [-0.39, 0.29) is 18.6 Å². The van der Waals surface area contributed by atoms with Gasteiger partial charge in [-0.05, 0) is 40.0 Å². The quantitative estimate of drug-likeness (QED) is 0.256. The number of nitro groups is 1. The lowest BCUT2D eigenvalue weighted by Crippen LogP contribution is -2.43. The molecule has 0 radical (unpaired) electrons. The Morgan fingerprint density at radius 3 is 2.41 bits per heavy atom. The molecule has 0 fully saturated rings. The zero-order valence-electron chi connectivity index (χ0n) is 13.0. The number of carboxylic acid groups (broad SMARTS) is 1.